The van der Waals surface area contributed by atoms with Crippen LogP contribution in [0.15, 0.2) is 0 Å². The zero-order valence-corrected chi connectivity index (χ0v) is 14.7. The molecule has 0 saturated heterocycles. The molecule has 0 unspecified atom stereocenters. The number of hydrogen-bond acceptors (Lipinski definition) is 8. The molecule has 0 aromatic carbocycles. The third-order valence-electron chi connectivity index (χ3n) is 2.63. The summed E-state index contributed by atoms with van der Waals surface area (Å²) in [6.45, 7) is 6.48. The minimum Gasteiger partial charge on any atom is -0.425 e. The second-order valence-electron chi connectivity index (χ2n) is 5.09. The van der Waals surface area contributed by atoms with Gasteiger partial charge in [-0.15, -0.1) is 0 Å². The van der Waals surface area contributed by atoms with Crippen LogP contribution in [0.5, 0.6) is 0 Å². The fraction of sp³-hybridized carbons (Fsp3) is 0.750. The van der Waals surface area contributed by atoms with Crippen molar-refractivity contribution < 1.29 is 38.1 Å². The van der Waals surface area contributed by atoms with E-state index in [2.05, 4.69) is 0 Å². The summed E-state index contributed by atoms with van der Waals surface area (Å²) in [5.41, 5.74) is 0. The summed E-state index contributed by atoms with van der Waals surface area (Å²) >= 11 is 0. The van der Waals surface area contributed by atoms with Gasteiger partial charge in [0.05, 0.1) is 12.8 Å². The molecule has 8 nitrogen and oxygen atoms in total. The normalized spacial score (nSPS) is 12.7. The van der Waals surface area contributed by atoms with Gasteiger partial charge in [-0.25, -0.2) is 0 Å². The Hall–Kier alpha value is -2.12. The quantitative estimate of drug-likeness (QED) is 0.414. The number of esters is 4. The maximum Gasteiger partial charge on any atom is 0.309 e. The van der Waals surface area contributed by atoms with Crippen LogP contribution in [0, 0.1) is 0 Å². The van der Waals surface area contributed by atoms with Crippen LogP contribution < -0.4 is 0 Å². The lowest BCUT2D eigenvalue weighted by atomic mass is 10.3. The summed E-state index contributed by atoms with van der Waals surface area (Å²) in [5, 5.41) is 0. The third kappa shape index (κ3) is 11.4. The van der Waals surface area contributed by atoms with E-state index in [1.54, 1.807) is 0 Å². The Labute approximate surface area is 141 Å². The smallest absolute Gasteiger partial charge is 0.309 e. The van der Waals surface area contributed by atoms with Gasteiger partial charge in [-0.3, -0.25) is 19.2 Å². The van der Waals surface area contributed by atoms with Gasteiger partial charge in [0, 0.05) is 26.7 Å². The lowest BCUT2D eigenvalue weighted by Gasteiger charge is -2.15. The first-order chi connectivity index (χ1) is 11.3. The average molecular weight is 346 g/mol. The van der Waals surface area contributed by atoms with E-state index in [1.165, 1.54) is 13.8 Å². The zero-order valence-electron chi connectivity index (χ0n) is 14.7. The second-order valence-corrected chi connectivity index (χ2v) is 5.09. The topological polar surface area (TPSA) is 105 Å². The highest BCUT2D eigenvalue weighted by molar-refractivity contribution is 5.78. The Morgan fingerprint density at radius 1 is 0.583 bits per heavy atom. The summed E-state index contributed by atoms with van der Waals surface area (Å²) < 4.78 is 19.4. The number of rotatable bonds is 11. The molecule has 0 aromatic heterocycles. The van der Waals surface area contributed by atoms with Crippen LogP contribution in [0.25, 0.3) is 0 Å². The molecular formula is C16H26O8. The highest BCUT2D eigenvalue weighted by Gasteiger charge is 2.17. The molecule has 0 saturated carbocycles. The summed E-state index contributed by atoms with van der Waals surface area (Å²) in [5.74, 6) is -2.31. The van der Waals surface area contributed by atoms with Gasteiger partial charge in [0.25, 0.3) is 0 Å². The van der Waals surface area contributed by atoms with Crippen LogP contribution in [0.3, 0.4) is 0 Å². The molecule has 0 aliphatic heterocycles. The van der Waals surface area contributed by atoms with E-state index < -0.39 is 36.5 Å². The molecule has 0 aliphatic rings. The molecule has 0 fully saturated rings. The maximum atomic E-state index is 11.5. The molecule has 0 spiro atoms. The lowest BCUT2D eigenvalue weighted by Crippen LogP contribution is -2.24. The van der Waals surface area contributed by atoms with Gasteiger partial charge in [0.2, 0.25) is 12.6 Å². The zero-order chi connectivity index (χ0) is 18.5. The minimum absolute atomic E-state index is 0.232. The van der Waals surface area contributed by atoms with Crippen molar-refractivity contribution in [2.24, 2.45) is 0 Å². The Bertz CT molecular complexity index is 392. The molecule has 0 radical (unpaired) electrons. The van der Waals surface area contributed by atoms with Crippen molar-refractivity contribution in [3.05, 3.63) is 0 Å². The van der Waals surface area contributed by atoms with Crippen LogP contribution >= 0.6 is 0 Å². The van der Waals surface area contributed by atoms with Crippen molar-refractivity contribution >= 4 is 23.9 Å². The Morgan fingerprint density at radius 3 is 1.08 bits per heavy atom. The monoisotopic (exact) mass is 346 g/mol. The number of hydrogen-bond donors (Lipinski definition) is 0. The first-order valence-corrected chi connectivity index (χ1v) is 8.06. The molecular weight excluding hydrogens is 320 g/mol. The molecule has 0 heterocycles. The van der Waals surface area contributed by atoms with Gasteiger partial charge in [-0.1, -0.05) is 13.8 Å². The highest BCUT2D eigenvalue weighted by Crippen LogP contribution is 2.05. The average Bonchev–Trinajstić information content (AvgIpc) is 2.45. The molecule has 0 aromatic rings. The fourth-order valence-electron chi connectivity index (χ4n) is 1.64. The van der Waals surface area contributed by atoms with E-state index >= 15 is 0 Å². The van der Waals surface area contributed by atoms with Gasteiger partial charge in [-0.2, -0.15) is 0 Å². The molecule has 0 N–H and O–H groups in total. The summed E-state index contributed by atoms with van der Waals surface area (Å²) in [6, 6.07) is 0. The third-order valence-corrected chi connectivity index (χ3v) is 2.63. The molecule has 24 heavy (non-hydrogen) atoms. The van der Waals surface area contributed by atoms with Crippen molar-refractivity contribution in [3.8, 4) is 0 Å². The minimum atomic E-state index is -1.01. The van der Waals surface area contributed by atoms with E-state index in [0.717, 1.165) is 0 Å². The van der Waals surface area contributed by atoms with E-state index in [1.807, 2.05) is 13.8 Å². The van der Waals surface area contributed by atoms with Crippen molar-refractivity contribution in [2.75, 3.05) is 0 Å². The van der Waals surface area contributed by atoms with Gasteiger partial charge >= 0.3 is 23.9 Å². The summed E-state index contributed by atoms with van der Waals surface area (Å²) in [4.78, 5) is 45.5. The van der Waals surface area contributed by atoms with Gasteiger partial charge in [0.1, 0.15) is 0 Å². The Morgan fingerprint density at radius 2 is 0.833 bits per heavy atom. The predicted octanol–water partition coefficient (Wildman–Crippen LogP) is 2.23. The molecule has 138 valence electrons. The standard InChI is InChI=1S/C16H26O8/c1-5-7-13(17)21-11(3)23-15(19)9-10-16(20)24-12(4)22-14(18)8-6-2/h11-12H,5-10H2,1-4H3/t11-,12-/m0/s1. The first-order valence-electron chi connectivity index (χ1n) is 8.06. The SMILES string of the molecule is CCCC(=O)O[C@H](C)OC(=O)CCC(=O)O[C@@H](C)OC(=O)CCC. The van der Waals surface area contributed by atoms with E-state index in [-0.39, 0.29) is 25.7 Å². The Balaban J connectivity index is 3.98. The van der Waals surface area contributed by atoms with Crippen LogP contribution in [0.4, 0.5) is 0 Å². The van der Waals surface area contributed by atoms with Crippen molar-refractivity contribution in [2.45, 2.75) is 78.8 Å². The summed E-state index contributed by atoms with van der Waals surface area (Å²) in [6.07, 6.45) is -0.749. The first kappa shape index (κ1) is 21.9. The van der Waals surface area contributed by atoms with Crippen molar-refractivity contribution in [3.63, 3.8) is 0 Å². The molecule has 0 aliphatic carbocycles. The molecule has 0 bridgehead atoms. The lowest BCUT2D eigenvalue weighted by molar-refractivity contribution is -0.190. The number of carbonyl (C=O) groups is 4. The van der Waals surface area contributed by atoms with Gasteiger partial charge in [-0.05, 0) is 12.8 Å². The van der Waals surface area contributed by atoms with E-state index in [0.29, 0.717) is 12.8 Å². The maximum absolute atomic E-state index is 11.5. The molecule has 0 amide bonds. The highest BCUT2D eigenvalue weighted by atomic mass is 16.7. The molecule has 0 rings (SSSR count). The number of carbonyl (C=O) groups excluding carboxylic acids is 4. The Kier molecular flexibility index (Phi) is 11.2. The molecule has 2 atom stereocenters. The second kappa shape index (κ2) is 12.3. The fourth-order valence-corrected chi connectivity index (χ4v) is 1.64. The molecule has 8 heteroatoms. The van der Waals surface area contributed by atoms with Crippen LogP contribution in [0.1, 0.15) is 66.2 Å². The van der Waals surface area contributed by atoms with Crippen molar-refractivity contribution in [1.29, 1.82) is 0 Å². The van der Waals surface area contributed by atoms with Crippen LogP contribution in [0.2, 0.25) is 0 Å². The van der Waals surface area contributed by atoms with Crippen LogP contribution in [-0.2, 0) is 38.1 Å². The largest absolute Gasteiger partial charge is 0.425 e. The van der Waals surface area contributed by atoms with Gasteiger partial charge < -0.3 is 18.9 Å². The van der Waals surface area contributed by atoms with Gasteiger partial charge in [0.15, 0.2) is 0 Å². The number of ether oxygens (including phenoxy) is 4. The van der Waals surface area contributed by atoms with E-state index in [4.69, 9.17) is 18.9 Å². The van der Waals surface area contributed by atoms with Crippen molar-refractivity contribution in [1.82, 2.24) is 0 Å². The summed E-state index contributed by atoms with van der Waals surface area (Å²) in [7, 11) is 0. The van der Waals surface area contributed by atoms with Crippen LogP contribution in [-0.4, -0.2) is 36.5 Å². The predicted molar refractivity (Wildman–Crippen MR) is 82.3 cm³/mol. The van der Waals surface area contributed by atoms with E-state index in [9.17, 15) is 19.2 Å².